The van der Waals surface area contributed by atoms with Crippen LogP contribution in [0.5, 0.6) is 17.2 Å². The zero-order valence-corrected chi connectivity index (χ0v) is 9.46. The van der Waals surface area contributed by atoms with Crippen LogP contribution in [-0.2, 0) is 5.54 Å². The van der Waals surface area contributed by atoms with Crippen molar-refractivity contribution >= 4 is 11.6 Å². The summed E-state index contributed by atoms with van der Waals surface area (Å²) in [5.41, 5.74) is 5.65. The van der Waals surface area contributed by atoms with Gasteiger partial charge in [0.05, 0.1) is 5.02 Å². The van der Waals surface area contributed by atoms with E-state index < -0.39 is 11.3 Å². The van der Waals surface area contributed by atoms with E-state index in [2.05, 4.69) is 0 Å². The maximum absolute atomic E-state index is 9.80. The van der Waals surface area contributed by atoms with Gasteiger partial charge >= 0.3 is 0 Å². The van der Waals surface area contributed by atoms with Crippen LogP contribution in [-0.4, -0.2) is 15.3 Å². The Morgan fingerprint density at radius 3 is 2.25 bits per heavy atom. The molecule has 4 nitrogen and oxygen atoms in total. The van der Waals surface area contributed by atoms with Gasteiger partial charge in [0.25, 0.3) is 0 Å². The van der Waals surface area contributed by atoms with E-state index in [4.69, 9.17) is 17.3 Å². The van der Waals surface area contributed by atoms with Crippen molar-refractivity contribution in [2.24, 2.45) is 5.73 Å². The molecule has 0 aliphatic heterocycles. The summed E-state index contributed by atoms with van der Waals surface area (Å²) in [4.78, 5) is 0. The Balaban J connectivity index is 2.63. The molecule has 0 unspecified atom stereocenters. The summed E-state index contributed by atoms with van der Waals surface area (Å²) < 4.78 is 0. The Hall–Kier alpha value is -1.13. The Labute approximate surface area is 98.3 Å². The lowest BCUT2D eigenvalue weighted by Crippen LogP contribution is -2.33. The molecule has 1 aliphatic carbocycles. The molecule has 0 spiro atoms. The number of hydrogen-bond donors (Lipinski definition) is 4. The van der Waals surface area contributed by atoms with E-state index in [1.807, 2.05) is 0 Å². The predicted octanol–water partition coefficient (Wildman–Crippen LogP) is 2.18. The van der Waals surface area contributed by atoms with Crippen LogP contribution in [0.3, 0.4) is 0 Å². The minimum atomic E-state index is -0.753. The fourth-order valence-electron chi connectivity index (χ4n) is 2.33. The van der Waals surface area contributed by atoms with Crippen LogP contribution in [0.4, 0.5) is 0 Å². The van der Waals surface area contributed by atoms with Crippen molar-refractivity contribution in [2.45, 2.75) is 31.2 Å². The molecule has 0 atom stereocenters. The highest BCUT2D eigenvalue weighted by atomic mass is 35.5. The van der Waals surface area contributed by atoms with Crippen LogP contribution in [0, 0.1) is 0 Å². The number of rotatable bonds is 1. The summed E-state index contributed by atoms with van der Waals surface area (Å²) in [5, 5.41) is 28.8. The molecule has 5 heteroatoms. The molecule has 1 aromatic rings. The quantitative estimate of drug-likeness (QED) is 0.450. The SMILES string of the molecule is NC1(c2c(O)c(O)cc(O)c2Cl)CCCC1. The Kier molecular flexibility index (Phi) is 2.64. The van der Waals surface area contributed by atoms with Crippen LogP contribution in [0.25, 0.3) is 0 Å². The van der Waals surface area contributed by atoms with Crippen LogP contribution in [0.15, 0.2) is 6.07 Å². The average Bonchev–Trinajstić information content (AvgIpc) is 2.63. The molecule has 5 N–H and O–H groups in total. The van der Waals surface area contributed by atoms with Gasteiger partial charge in [0.15, 0.2) is 11.5 Å². The molecule has 0 heterocycles. The van der Waals surface area contributed by atoms with E-state index >= 15 is 0 Å². The first-order valence-corrected chi connectivity index (χ1v) is 5.56. The number of halogens is 1. The molecular weight excluding hydrogens is 230 g/mol. The third-order valence-corrected chi connectivity index (χ3v) is 3.57. The van der Waals surface area contributed by atoms with Gasteiger partial charge in [-0.25, -0.2) is 0 Å². The van der Waals surface area contributed by atoms with Crippen LogP contribution >= 0.6 is 11.6 Å². The number of hydrogen-bond acceptors (Lipinski definition) is 4. The minimum absolute atomic E-state index is 0.0275. The zero-order valence-electron chi connectivity index (χ0n) is 8.70. The molecule has 0 bridgehead atoms. The lowest BCUT2D eigenvalue weighted by molar-refractivity contribution is 0.366. The van der Waals surface area contributed by atoms with Gasteiger partial charge in [-0.2, -0.15) is 0 Å². The number of aromatic hydroxyl groups is 3. The molecule has 88 valence electrons. The normalized spacial score (nSPS) is 18.9. The first kappa shape index (κ1) is 11.4. The largest absolute Gasteiger partial charge is 0.506 e. The first-order chi connectivity index (χ1) is 7.46. The van der Waals surface area contributed by atoms with Crippen molar-refractivity contribution in [1.29, 1.82) is 0 Å². The Morgan fingerprint density at radius 1 is 1.12 bits per heavy atom. The van der Waals surface area contributed by atoms with Crippen molar-refractivity contribution in [3.63, 3.8) is 0 Å². The van der Waals surface area contributed by atoms with Crippen molar-refractivity contribution in [1.82, 2.24) is 0 Å². The topological polar surface area (TPSA) is 86.7 Å². The summed E-state index contributed by atoms with van der Waals surface area (Å²) in [6.45, 7) is 0. The Bertz CT molecular complexity index is 401. The van der Waals surface area contributed by atoms with E-state index in [1.54, 1.807) is 0 Å². The number of benzene rings is 1. The molecule has 1 saturated carbocycles. The highest BCUT2D eigenvalue weighted by molar-refractivity contribution is 6.33. The third kappa shape index (κ3) is 1.58. The molecule has 1 aliphatic rings. The zero-order chi connectivity index (χ0) is 11.9. The summed E-state index contributed by atoms with van der Waals surface area (Å²) in [6.07, 6.45) is 3.26. The number of phenols is 3. The molecule has 0 radical (unpaired) electrons. The van der Waals surface area contributed by atoms with E-state index in [0.29, 0.717) is 12.8 Å². The van der Waals surface area contributed by atoms with Crippen LogP contribution in [0.2, 0.25) is 5.02 Å². The molecule has 16 heavy (non-hydrogen) atoms. The second-order valence-electron chi connectivity index (χ2n) is 4.32. The number of phenolic OH excluding ortho intramolecular Hbond substituents is 3. The van der Waals surface area contributed by atoms with Crippen LogP contribution < -0.4 is 5.73 Å². The molecule has 1 fully saturated rings. The van der Waals surface area contributed by atoms with Gasteiger partial charge in [-0.05, 0) is 12.8 Å². The minimum Gasteiger partial charge on any atom is -0.506 e. The van der Waals surface area contributed by atoms with Crippen molar-refractivity contribution in [3.05, 3.63) is 16.7 Å². The summed E-state index contributed by atoms with van der Waals surface area (Å²) in [6, 6.07) is 1.01. The number of nitrogens with two attached hydrogens (primary N) is 1. The van der Waals surface area contributed by atoms with Gasteiger partial charge in [0, 0.05) is 17.2 Å². The highest BCUT2D eigenvalue weighted by Crippen LogP contribution is 2.49. The molecule has 1 aromatic carbocycles. The highest BCUT2D eigenvalue weighted by Gasteiger charge is 2.37. The van der Waals surface area contributed by atoms with Crippen LogP contribution in [0.1, 0.15) is 31.2 Å². The van der Waals surface area contributed by atoms with Gasteiger partial charge in [-0.1, -0.05) is 24.4 Å². The monoisotopic (exact) mass is 243 g/mol. The van der Waals surface area contributed by atoms with Crippen molar-refractivity contribution < 1.29 is 15.3 Å². The van der Waals surface area contributed by atoms with Gasteiger partial charge in [0.2, 0.25) is 0 Å². The van der Waals surface area contributed by atoms with Crippen molar-refractivity contribution in [3.8, 4) is 17.2 Å². The second kappa shape index (κ2) is 3.71. The molecule has 0 amide bonds. The smallest absolute Gasteiger partial charge is 0.164 e. The third-order valence-electron chi connectivity index (χ3n) is 3.19. The molecule has 2 rings (SSSR count). The van der Waals surface area contributed by atoms with E-state index in [9.17, 15) is 15.3 Å². The summed E-state index contributed by atoms with van der Waals surface area (Å²) >= 11 is 5.94. The fourth-order valence-corrected chi connectivity index (χ4v) is 2.66. The van der Waals surface area contributed by atoms with Crippen molar-refractivity contribution in [2.75, 3.05) is 0 Å². The van der Waals surface area contributed by atoms with E-state index in [0.717, 1.165) is 18.9 Å². The average molecular weight is 244 g/mol. The molecular formula is C11H14ClNO3. The Morgan fingerprint density at radius 2 is 1.69 bits per heavy atom. The van der Waals surface area contributed by atoms with Gasteiger partial charge in [-0.15, -0.1) is 0 Å². The van der Waals surface area contributed by atoms with Gasteiger partial charge in [0.1, 0.15) is 5.75 Å². The predicted molar refractivity (Wildman–Crippen MR) is 60.8 cm³/mol. The summed E-state index contributed by atoms with van der Waals surface area (Å²) in [7, 11) is 0. The van der Waals surface area contributed by atoms with E-state index in [1.165, 1.54) is 0 Å². The standard InChI is InChI=1S/C11H14ClNO3/c12-9-6(14)5-7(15)10(16)8(9)11(13)3-1-2-4-11/h5,14-16H,1-4,13H2. The second-order valence-corrected chi connectivity index (χ2v) is 4.69. The fraction of sp³-hybridized carbons (Fsp3) is 0.455. The first-order valence-electron chi connectivity index (χ1n) is 5.18. The lowest BCUT2D eigenvalue weighted by atomic mass is 9.88. The van der Waals surface area contributed by atoms with E-state index in [-0.39, 0.29) is 22.1 Å². The maximum Gasteiger partial charge on any atom is 0.164 e. The summed E-state index contributed by atoms with van der Waals surface area (Å²) in [5.74, 6) is -0.982. The lowest BCUT2D eigenvalue weighted by Gasteiger charge is -2.26. The van der Waals surface area contributed by atoms with Gasteiger partial charge < -0.3 is 21.1 Å². The maximum atomic E-state index is 9.80. The van der Waals surface area contributed by atoms with Gasteiger partial charge in [-0.3, -0.25) is 0 Å². The molecule has 0 aromatic heterocycles. The molecule has 0 saturated heterocycles.